The highest BCUT2D eigenvalue weighted by Gasteiger charge is 2.50. The van der Waals surface area contributed by atoms with Crippen LogP contribution in [-0.2, 0) is 52.4 Å². The lowest BCUT2D eigenvalue weighted by molar-refractivity contribution is -0.241. The molecule has 27 heavy (non-hydrogen) atoms. The van der Waals surface area contributed by atoms with Gasteiger partial charge in [0.1, 0.15) is 24.4 Å². The van der Waals surface area contributed by atoms with Crippen LogP contribution in [0.1, 0.15) is 6.92 Å². The zero-order valence-corrected chi connectivity index (χ0v) is 17.2. The molecular weight excluding hydrogens is 434 g/mol. The fourth-order valence-electron chi connectivity index (χ4n) is 2.27. The van der Waals surface area contributed by atoms with E-state index in [1.54, 1.807) is 0 Å². The number of hydrogen-bond donors (Lipinski definition) is 2. The van der Waals surface area contributed by atoms with Gasteiger partial charge in [0, 0.05) is 6.92 Å². The van der Waals surface area contributed by atoms with E-state index in [1.165, 1.54) is 0 Å². The molecule has 1 saturated heterocycles. The third kappa shape index (κ3) is 8.77. The summed E-state index contributed by atoms with van der Waals surface area (Å²) in [6, 6.07) is -1.54. The van der Waals surface area contributed by atoms with Gasteiger partial charge in [0.15, 0.2) is 6.29 Å². The van der Waals surface area contributed by atoms with Crippen molar-refractivity contribution >= 4 is 36.3 Å². The molecule has 0 spiro atoms. The van der Waals surface area contributed by atoms with E-state index in [0.29, 0.717) is 18.8 Å². The van der Waals surface area contributed by atoms with Gasteiger partial charge in [-0.05, 0) is 0 Å². The Hall–Kier alpha value is -0.880. The number of nitrogens with one attached hydrogen (secondary N) is 1. The van der Waals surface area contributed by atoms with E-state index >= 15 is 0 Å². The highest BCUT2D eigenvalue weighted by molar-refractivity contribution is 7.86. The minimum atomic E-state index is -4.22. The van der Waals surface area contributed by atoms with Gasteiger partial charge in [0.05, 0.1) is 25.4 Å². The molecule has 1 aliphatic rings. The first-order chi connectivity index (χ1) is 12.0. The van der Waals surface area contributed by atoms with E-state index in [4.69, 9.17) is 13.1 Å². The number of amides is 1. The highest BCUT2D eigenvalue weighted by Crippen LogP contribution is 2.28. The molecule has 1 fully saturated rings. The average molecular weight is 455 g/mol. The molecule has 13 nitrogen and oxygen atoms in total. The van der Waals surface area contributed by atoms with Crippen molar-refractivity contribution < 1.29 is 52.4 Å². The lowest BCUT2D eigenvalue weighted by Gasteiger charge is -2.43. The molecule has 0 aliphatic carbocycles. The average Bonchev–Trinajstić information content (AvgIpc) is 2.40. The number of aliphatic hydroxyl groups excluding tert-OH is 1. The first-order valence-electron chi connectivity index (χ1n) is 7.20. The summed E-state index contributed by atoms with van der Waals surface area (Å²) in [4.78, 5) is 11.4. The largest absolute Gasteiger partial charge is 0.366 e. The quantitative estimate of drug-likeness (QED) is 0.351. The van der Waals surface area contributed by atoms with Crippen LogP contribution in [0.5, 0.6) is 0 Å². The van der Waals surface area contributed by atoms with E-state index in [-0.39, 0.29) is 0 Å². The molecule has 5 atom stereocenters. The predicted octanol–water partition coefficient (Wildman–Crippen LogP) is -3.13. The molecule has 1 amide bonds. The van der Waals surface area contributed by atoms with Crippen LogP contribution in [0.25, 0.3) is 0 Å². The van der Waals surface area contributed by atoms with Crippen LogP contribution in [0.15, 0.2) is 0 Å². The third-order valence-corrected chi connectivity index (χ3v) is 4.76. The number of aliphatic hydroxyl groups is 1. The molecule has 0 radical (unpaired) electrons. The maximum atomic E-state index is 11.6. The van der Waals surface area contributed by atoms with Gasteiger partial charge < -0.3 is 15.2 Å². The SMILES string of the molecule is CC(=O)N[C@@H]1[C@@H](OS(C)(=O)=O)[C@H](OS(C)(=O)=O)[C@@H](COS(C)(=O)=O)O[C@@H]1O. The molecule has 1 heterocycles. The van der Waals surface area contributed by atoms with Crippen LogP contribution < -0.4 is 5.32 Å². The summed E-state index contributed by atoms with van der Waals surface area (Å²) in [6.45, 7) is 0.238. The molecule has 0 aromatic rings. The second-order valence-electron chi connectivity index (χ2n) is 5.81. The van der Waals surface area contributed by atoms with Crippen LogP contribution in [0, 0.1) is 0 Å². The molecule has 1 aliphatic heterocycles. The Morgan fingerprint density at radius 3 is 1.85 bits per heavy atom. The predicted molar refractivity (Wildman–Crippen MR) is 88.7 cm³/mol. The number of carbonyl (C=O) groups is 1. The van der Waals surface area contributed by atoms with Gasteiger partial charge >= 0.3 is 0 Å². The van der Waals surface area contributed by atoms with Crippen molar-refractivity contribution in [2.24, 2.45) is 0 Å². The number of rotatable bonds is 8. The minimum Gasteiger partial charge on any atom is -0.366 e. The van der Waals surface area contributed by atoms with Gasteiger partial charge in [0.2, 0.25) is 5.91 Å². The van der Waals surface area contributed by atoms with E-state index in [1.807, 2.05) is 0 Å². The maximum absolute atomic E-state index is 11.6. The Bertz CT molecular complexity index is 849. The zero-order chi connectivity index (χ0) is 21.2. The monoisotopic (exact) mass is 455 g/mol. The van der Waals surface area contributed by atoms with Gasteiger partial charge in [-0.25, -0.2) is 0 Å². The fraction of sp³-hybridized carbons (Fsp3) is 0.909. The number of hydrogen-bond acceptors (Lipinski definition) is 12. The summed E-state index contributed by atoms with van der Waals surface area (Å²) >= 11 is 0. The zero-order valence-electron chi connectivity index (χ0n) is 14.8. The summed E-state index contributed by atoms with van der Waals surface area (Å²) in [7, 11) is -12.4. The molecule has 0 unspecified atom stereocenters. The smallest absolute Gasteiger partial charge is 0.264 e. The molecule has 0 aromatic heterocycles. The standard InChI is InChI=1S/C11H21NO12S3/c1-6(13)12-8-10(24-27(4,19)20)9(23-26(3,17)18)7(22-11(8)14)5-21-25(2,15)16/h7-11,14H,5H2,1-4H3,(H,12,13)/t7-,8-,9-,10-,11+/m1/s1. The molecular formula is C11H21NO12S3. The van der Waals surface area contributed by atoms with Crippen molar-refractivity contribution in [3.05, 3.63) is 0 Å². The van der Waals surface area contributed by atoms with Crippen LogP contribution in [0.3, 0.4) is 0 Å². The minimum absolute atomic E-state index is 0.650. The van der Waals surface area contributed by atoms with Crippen LogP contribution in [0.2, 0.25) is 0 Å². The van der Waals surface area contributed by atoms with Crippen LogP contribution in [-0.4, -0.2) is 92.3 Å². The Kier molecular flexibility index (Phi) is 7.73. The molecule has 2 N–H and O–H groups in total. The van der Waals surface area contributed by atoms with Gasteiger partial charge in [-0.2, -0.15) is 25.3 Å². The topological polar surface area (TPSA) is 189 Å². The van der Waals surface area contributed by atoms with E-state index in [2.05, 4.69) is 9.50 Å². The van der Waals surface area contributed by atoms with E-state index < -0.39 is 73.5 Å². The van der Waals surface area contributed by atoms with E-state index in [0.717, 1.165) is 6.92 Å². The van der Waals surface area contributed by atoms with Crippen molar-refractivity contribution in [2.75, 3.05) is 25.4 Å². The lowest BCUT2D eigenvalue weighted by atomic mass is 9.97. The Labute approximate surface area is 157 Å². The van der Waals surface area contributed by atoms with Gasteiger partial charge in [-0.1, -0.05) is 0 Å². The van der Waals surface area contributed by atoms with Crippen LogP contribution >= 0.6 is 0 Å². The maximum Gasteiger partial charge on any atom is 0.264 e. The van der Waals surface area contributed by atoms with Crippen molar-refractivity contribution in [1.29, 1.82) is 0 Å². The molecule has 16 heteroatoms. The lowest BCUT2D eigenvalue weighted by Crippen LogP contribution is -2.66. The second-order valence-corrected chi connectivity index (χ2v) is 10.7. The van der Waals surface area contributed by atoms with Crippen molar-refractivity contribution in [3.63, 3.8) is 0 Å². The summed E-state index contributed by atoms with van der Waals surface area (Å²) in [6.07, 6.45) is -4.97. The normalized spacial score (nSPS) is 30.0. The second kappa shape index (κ2) is 8.64. The number of carbonyl (C=O) groups excluding carboxylic acids is 1. The Morgan fingerprint density at radius 1 is 0.963 bits per heavy atom. The number of ether oxygens (including phenoxy) is 1. The first kappa shape index (κ1) is 24.2. The van der Waals surface area contributed by atoms with Gasteiger partial charge in [-0.3, -0.25) is 17.3 Å². The summed E-state index contributed by atoms with van der Waals surface area (Å²) in [5, 5.41) is 12.3. The fourth-order valence-corrected chi connectivity index (χ4v) is 3.92. The summed E-state index contributed by atoms with van der Waals surface area (Å²) < 4.78 is 87.9. The molecule has 0 aromatic carbocycles. The van der Waals surface area contributed by atoms with Crippen molar-refractivity contribution in [2.45, 2.75) is 37.6 Å². The summed E-state index contributed by atoms with van der Waals surface area (Å²) in [5.41, 5.74) is 0. The van der Waals surface area contributed by atoms with Crippen molar-refractivity contribution in [3.8, 4) is 0 Å². The van der Waals surface area contributed by atoms with Crippen molar-refractivity contribution in [1.82, 2.24) is 5.32 Å². The summed E-state index contributed by atoms with van der Waals surface area (Å²) in [5.74, 6) is -0.714. The molecule has 1 rings (SSSR count). The molecule has 0 bridgehead atoms. The third-order valence-electron chi connectivity index (χ3n) is 3.05. The van der Waals surface area contributed by atoms with Gasteiger partial charge in [-0.15, -0.1) is 0 Å². The van der Waals surface area contributed by atoms with Gasteiger partial charge in [0.25, 0.3) is 30.4 Å². The molecule has 160 valence electrons. The molecule has 0 saturated carbocycles. The Balaban J connectivity index is 3.34. The van der Waals surface area contributed by atoms with E-state index in [9.17, 15) is 35.2 Å². The first-order valence-corrected chi connectivity index (χ1v) is 12.6. The Morgan fingerprint density at radius 2 is 1.44 bits per heavy atom. The van der Waals surface area contributed by atoms with Crippen LogP contribution in [0.4, 0.5) is 0 Å². The highest BCUT2D eigenvalue weighted by atomic mass is 32.2.